The standard InChI is InChI=1S/C15H17BrClFN2/c1-9-2-3-10(6-9)20-14-7-11(16)12(18)8-13(14)19-15(20)4-5-17/h7-10H,2-6H2,1H3. The first-order valence-corrected chi connectivity index (χ1v) is 8.34. The molecule has 0 aliphatic heterocycles. The van der Waals surface area contributed by atoms with Gasteiger partial charge in [-0.3, -0.25) is 0 Å². The molecule has 1 aromatic heterocycles. The molecular weight excluding hydrogens is 343 g/mol. The fourth-order valence-corrected chi connectivity index (χ4v) is 3.72. The maximum Gasteiger partial charge on any atom is 0.139 e. The predicted molar refractivity (Wildman–Crippen MR) is 83.9 cm³/mol. The maximum absolute atomic E-state index is 13.7. The van der Waals surface area contributed by atoms with Crippen molar-refractivity contribution in [2.24, 2.45) is 5.92 Å². The van der Waals surface area contributed by atoms with Crippen LogP contribution < -0.4 is 0 Å². The zero-order valence-electron chi connectivity index (χ0n) is 11.4. The maximum atomic E-state index is 13.7. The average molecular weight is 360 g/mol. The van der Waals surface area contributed by atoms with Crippen LogP contribution in [0.5, 0.6) is 0 Å². The molecule has 108 valence electrons. The molecule has 0 saturated heterocycles. The summed E-state index contributed by atoms with van der Waals surface area (Å²) in [6.07, 6.45) is 4.29. The van der Waals surface area contributed by atoms with Crippen LogP contribution in [-0.2, 0) is 6.42 Å². The summed E-state index contributed by atoms with van der Waals surface area (Å²) in [5, 5.41) is 0. The second kappa shape index (κ2) is 5.64. The molecule has 1 aliphatic carbocycles. The highest BCUT2D eigenvalue weighted by Crippen LogP contribution is 2.38. The summed E-state index contributed by atoms with van der Waals surface area (Å²) in [5.74, 6) is 1.99. The van der Waals surface area contributed by atoms with E-state index in [0.717, 1.165) is 42.0 Å². The summed E-state index contributed by atoms with van der Waals surface area (Å²) in [6.45, 7) is 2.29. The Morgan fingerprint density at radius 1 is 1.45 bits per heavy atom. The number of benzene rings is 1. The Morgan fingerprint density at radius 2 is 2.25 bits per heavy atom. The Bertz CT molecular complexity index is 640. The highest BCUT2D eigenvalue weighted by atomic mass is 79.9. The summed E-state index contributed by atoms with van der Waals surface area (Å²) in [7, 11) is 0. The van der Waals surface area contributed by atoms with Crippen molar-refractivity contribution in [1.29, 1.82) is 0 Å². The molecule has 20 heavy (non-hydrogen) atoms. The Hall–Kier alpha value is -0.610. The second-order valence-corrected chi connectivity index (χ2v) is 6.90. The number of halogens is 3. The monoisotopic (exact) mass is 358 g/mol. The van der Waals surface area contributed by atoms with Crippen LogP contribution in [0, 0.1) is 11.7 Å². The topological polar surface area (TPSA) is 17.8 Å². The van der Waals surface area contributed by atoms with E-state index in [-0.39, 0.29) is 5.82 Å². The second-order valence-electron chi connectivity index (χ2n) is 5.66. The number of fused-ring (bicyclic) bond motifs is 1. The zero-order chi connectivity index (χ0) is 14.3. The number of nitrogens with zero attached hydrogens (tertiary/aromatic N) is 2. The fourth-order valence-electron chi connectivity index (χ4n) is 3.22. The van der Waals surface area contributed by atoms with Gasteiger partial charge in [0.2, 0.25) is 0 Å². The number of hydrogen-bond donors (Lipinski definition) is 0. The van der Waals surface area contributed by atoms with Gasteiger partial charge in [-0.25, -0.2) is 9.37 Å². The molecule has 0 radical (unpaired) electrons. The van der Waals surface area contributed by atoms with E-state index in [1.54, 1.807) is 0 Å². The van der Waals surface area contributed by atoms with E-state index in [1.807, 2.05) is 6.07 Å². The smallest absolute Gasteiger partial charge is 0.139 e. The van der Waals surface area contributed by atoms with Gasteiger partial charge in [-0.05, 0) is 47.2 Å². The van der Waals surface area contributed by atoms with Gasteiger partial charge in [0.15, 0.2) is 0 Å². The first-order chi connectivity index (χ1) is 9.60. The van der Waals surface area contributed by atoms with Gasteiger partial charge in [-0.15, -0.1) is 11.6 Å². The molecule has 0 N–H and O–H groups in total. The van der Waals surface area contributed by atoms with Crippen LogP contribution >= 0.6 is 27.5 Å². The lowest BCUT2D eigenvalue weighted by molar-refractivity contribution is 0.490. The van der Waals surface area contributed by atoms with Gasteiger partial charge in [-0.2, -0.15) is 0 Å². The zero-order valence-corrected chi connectivity index (χ0v) is 13.7. The first-order valence-electron chi connectivity index (χ1n) is 7.02. The van der Waals surface area contributed by atoms with Crippen molar-refractivity contribution in [2.45, 2.75) is 38.6 Å². The number of aromatic nitrogens is 2. The number of aryl methyl sites for hydroxylation is 1. The molecule has 5 heteroatoms. The molecule has 2 nitrogen and oxygen atoms in total. The van der Waals surface area contributed by atoms with Gasteiger partial charge in [0.1, 0.15) is 11.6 Å². The van der Waals surface area contributed by atoms with Crippen LogP contribution in [0.4, 0.5) is 4.39 Å². The minimum Gasteiger partial charge on any atom is -0.325 e. The van der Waals surface area contributed by atoms with Crippen LogP contribution in [0.25, 0.3) is 11.0 Å². The SMILES string of the molecule is CC1CCC(n2c(CCCl)nc3cc(F)c(Br)cc32)C1. The lowest BCUT2D eigenvalue weighted by atomic mass is 10.1. The molecule has 0 bridgehead atoms. The Morgan fingerprint density at radius 3 is 2.90 bits per heavy atom. The lowest BCUT2D eigenvalue weighted by Gasteiger charge is -2.16. The van der Waals surface area contributed by atoms with Crippen molar-refractivity contribution in [3.8, 4) is 0 Å². The quantitative estimate of drug-likeness (QED) is 0.699. The molecule has 1 saturated carbocycles. The van der Waals surface area contributed by atoms with E-state index in [0.29, 0.717) is 16.4 Å². The third kappa shape index (κ3) is 2.48. The van der Waals surface area contributed by atoms with E-state index >= 15 is 0 Å². The molecule has 0 spiro atoms. The Kier molecular flexibility index (Phi) is 4.04. The van der Waals surface area contributed by atoms with Crippen molar-refractivity contribution >= 4 is 38.6 Å². The van der Waals surface area contributed by atoms with E-state index in [4.69, 9.17) is 11.6 Å². The highest BCUT2D eigenvalue weighted by Gasteiger charge is 2.26. The molecule has 1 heterocycles. The van der Waals surface area contributed by atoms with Gasteiger partial charge in [0.05, 0.1) is 15.5 Å². The molecule has 2 unspecified atom stereocenters. The summed E-state index contributed by atoms with van der Waals surface area (Å²) in [6, 6.07) is 3.82. The molecule has 2 atom stereocenters. The van der Waals surface area contributed by atoms with Crippen molar-refractivity contribution in [1.82, 2.24) is 9.55 Å². The molecule has 1 fully saturated rings. The lowest BCUT2D eigenvalue weighted by Crippen LogP contribution is -2.10. The highest BCUT2D eigenvalue weighted by molar-refractivity contribution is 9.10. The summed E-state index contributed by atoms with van der Waals surface area (Å²) >= 11 is 9.17. The first kappa shape index (κ1) is 14.3. The van der Waals surface area contributed by atoms with Crippen molar-refractivity contribution in [3.63, 3.8) is 0 Å². The number of alkyl halides is 1. The Labute approximate surface area is 131 Å². The van der Waals surface area contributed by atoms with Crippen LogP contribution in [0.15, 0.2) is 16.6 Å². The third-order valence-electron chi connectivity index (χ3n) is 4.15. The van der Waals surface area contributed by atoms with Crippen molar-refractivity contribution in [3.05, 3.63) is 28.2 Å². The number of imidazole rings is 1. The fraction of sp³-hybridized carbons (Fsp3) is 0.533. The van der Waals surface area contributed by atoms with E-state index in [9.17, 15) is 4.39 Å². The van der Waals surface area contributed by atoms with Gasteiger partial charge >= 0.3 is 0 Å². The van der Waals surface area contributed by atoms with Crippen molar-refractivity contribution < 1.29 is 4.39 Å². The van der Waals surface area contributed by atoms with Crippen LogP contribution in [0.3, 0.4) is 0 Å². The molecule has 2 aromatic rings. The van der Waals surface area contributed by atoms with E-state index in [1.165, 1.54) is 12.5 Å². The largest absolute Gasteiger partial charge is 0.325 e. The molecule has 3 rings (SSSR count). The number of rotatable bonds is 3. The van der Waals surface area contributed by atoms with Crippen LogP contribution in [0.2, 0.25) is 0 Å². The molecule has 0 amide bonds. The Balaban J connectivity index is 2.15. The summed E-state index contributed by atoms with van der Waals surface area (Å²) in [5.41, 5.74) is 1.74. The van der Waals surface area contributed by atoms with Gasteiger partial charge < -0.3 is 4.57 Å². The summed E-state index contributed by atoms with van der Waals surface area (Å²) < 4.78 is 16.5. The minimum atomic E-state index is -0.264. The van der Waals surface area contributed by atoms with E-state index < -0.39 is 0 Å². The van der Waals surface area contributed by atoms with Gasteiger partial charge in [-0.1, -0.05) is 6.92 Å². The third-order valence-corrected chi connectivity index (χ3v) is 4.95. The predicted octanol–water partition coefficient (Wildman–Crippen LogP) is 5.08. The van der Waals surface area contributed by atoms with Crippen LogP contribution in [-0.4, -0.2) is 15.4 Å². The minimum absolute atomic E-state index is 0.264. The van der Waals surface area contributed by atoms with Gasteiger partial charge in [0.25, 0.3) is 0 Å². The van der Waals surface area contributed by atoms with Gasteiger partial charge in [0, 0.05) is 24.4 Å². The molecule has 1 aliphatic rings. The summed E-state index contributed by atoms with van der Waals surface area (Å²) in [4.78, 5) is 4.59. The average Bonchev–Trinajstić information content (AvgIpc) is 2.94. The number of hydrogen-bond acceptors (Lipinski definition) is 1. The molecule has 1 aromatic carbocycles. The van der Waals surface area contributed by atoms with Crippen molar-refractivity contribution in [2.75, 3.05) is 5.88 Å². The normalized spacial score (nSPS) is 22.8. The van der Waals surface area contributed by atoms with Crippen LogP contribution in [0.1, 0.15) is 38.1 Å². The van der Waals surface area contributed by atoms with E-state index in [2.05, 4.69) is 32.4 Å². The molecular formula is C15H17BrClFN2.